The zero-order valence-corrected chi connectivity index (χ0v) is 10.2. The van der Waals surface area contributed by atoms with Gasteiger partial charge in [0, 0.05) is 5.56 Å². The summed E-state index contributed by atoms with van der Waals surface area (Å²) < 4.78 is 32.3. The lowest BCUT2D eigenvalue weighted by atomic mass is 9.96. The van der Waals surface area contributed by atoms with Gasteiger partial charge in [-0.25, -0.2) is 8.78 Å². The molecule has 1 heterocycles. The van der Waals surface area contributed by atoms with E-state index in [2.05, 4.69) is 0 Å². The lowest BCUT2D eigenvalue weighted by Gasteiger charge is -2.14. The Bertz CT molecular complexity index is 628. The molecule has 3 rings (SSSR count). The lowest BCUT2D eigenvalue weighted by molar-refractivity contribution is 0.134. The molecule has 2 N–H and O–H groups in total. The van der Waals surface area contributed by atoms with Crippen LogP contribution in [0, 0.1) is 11.6 Å². The van der Waals surface area contributed by atoms with Gasteiger partial charge in [-0.3, -0.25) is 0 Å². The summed E-state index contributed by atoms with van der Waals surface area (Å²) >= 11 is 0. The largest absolute Gasteiger partial charge is 0.372 e. The SMILES string of the molecule is NC(c1ccc2c(c1)COC2)c1cccc(F)c1F. The number of nitrogens with two attached hydrogens (primary N) is 1. The molecule has 1 aliphatic rings. The Hall–Kier alpha value is -1.78. The maximum absolute atomic E-state index is 13.7. The standard InChI is InChI=1S/C15H13F2NO/c16-13-3-1-2-12(14(13)17)15(18)9-4-5-10-7-19-8-11(10)6-9/h1-6,15H,7-8,18H2. The second-order valence-electron chi connectivity index (χ2n) is 4.64. The summed E-state index contributed by atoms with van der Waals surface area (Å²) in [5, 5.41) is 0. The molecule has 4 heteroatoms. The Morgan fingerprint density at radius 2 is 1.84 bits per heavy atom. The fourth-order valence-corrected chi connectivity index (χ4v) is 2.33. The summed E-state index contributed by atoms with van der Waals surface area (Å²) in [7, 11) is 0. The number of hydrogen-bond acceptors (Lipinski definition) is 2. The zero-order chi connectivity index (χ0) is 13.4. The summed E-state index contributed by atoms with van der Waals surface area (Å²) in [6, 6.07) is 9.04. The van der Waals surface area contributed by atoms with Crippen molar-refractivity contribution in [1.82, 2.24) is 0 Å². The molecule has 0 fully saturated rings. The summed E-state index contributed by atoms with van der Waals surface area (Å²) in [6.07, 6.45) is 0. The van der Waals surface area contributed by atoms with Gasteiger partial charge in [0.15, 0.2) is 11.6 Å². The second-order valence-corrected chi connectivity index (χ2v) is 4.64. The maximum atomic E-state index is 13.7. The third-order valence-electron chi connectivity index (χ3n) is 3.42. The maximum Gasteiger partial charge on any atom is 0.163 e. The van der Waals surface area contributed by atoms with E-state index in [4.69, 9.17) is 10.5 Å². The van der Waals surface area contributed by atoms with Crippen molar-refractivity contribution in [2.24, 2.45) is 5.73 Å². The average molecular weight is 261 g/mol. The Labute approximate surface area is 109 Å². The molecule has 2 aromatic rings. The van der Waals surface area contributed by atoms with Gasteiger partial charge in [0.25, 0.3) is 0 Å². The van der Waals surface area contributed by atoms with E-state index in [1.807, 2.05) is 18.2 Å². The van der Waals surface area contributed by atoms with Gasteiger partial charge in [-0.15, -0.1) is 0 Å². The van der Waals surface area contributed by atoms with Crippen molar-refractivity contribution < 1.29 is 13.5 Å². The minimum Gasteiger partial charge on any atom is -0.372 e. The number of benzene rings is 2. The Morgan fingerprint density at radius 1 is 1.05 bits per heavy atom. The van der Waals surface area contributed by atoms with Crippen molar-refractivity contribution in [3.8, 4) is 0 Å². The highest BCUT2D eigenvalue weighted by Crippen LogP contribution is 2.27. The molecule has 1 atom stereocenters. The van der Waals surface area contributed by atoms with Crippen molar-refractivity contribution in [2.45, 2.75) is 19.3 Å². The predicted molar refractivity (Wildman–Crippen MR) is 67.3 cm³/mol. The highest BCUT2D eigenvalue weighted by Gasteiger charge is 2.19. The molecule has 2 aromatic carbocycles. The van der Waals surface area contributed by atoms with Crippen LogP contribution in [0.1, 0.15) is 28.3 Å². The van der Waals surface area contributed by atoms with Gasteiger partial charge in [-0.2, -0.15) is 0 Å². The number of halogens is 2. The lowest BCUT2D eigenvalue weighted by Crippen LogP contribution is -2.14. The van der Waals surface area contributed by atoms with E-state index >= 15 is 0 Å². The van der Waals surface area contributed by atoms with Crippen LogP contribution in [-0.4, -0.2) is 0 Å². The summed E-state index contributed by atoms with van der Waals surface area (Å²) in [5.41, 5.74) is 9.14. The molecule has 0 radical (unpaired) electrons. The number of hydrogen-bond donors (Lipinski definition) is 1. The fraction of sp³-hybridized carbons (Fsp3) is 0.200. The molecular weight excluding hydrogens is 248 g/mol. The molecule has 2 nitrogen and oxygen atoms in total. The summed E-state index contributed by atoms with van der Waals surface area (Å²) in [4.78, 5) is 0. The number of fused-ring (bicyclic) bond motifs is 1. The van der Waals surface area contributed by atoms with Crippen molar-refractivity contribution in [3.05, 3.63) is 70.3 Å². The van der Waals surface area contributed by atoms with Gasteiger partial charge in [0.1, 0.15) is 0 Å². The van der Waals surface area contributed by atoms with Crippen LogP contribution in [0.5, 0.6) is 0 Å². The van der Waals surface area contributed by atoms with Crippen molar-refractivity contribution >= 4 is 0 Å². The normalized spacial score (nSPS) is 15.3. The quantitative estimate of drug-likeness (QED) is 0.901. The highest BCUT2D eigenvalue weighted by atomic mass is 19.2. The minimum atomic E-state index is -0.883. The van der Waals surface area contributed by atoms with E-state index in [0.717, 1.165) is 22.8 Å². The van der Waals surface area contributed by atoms with Crippen molar-refractivity contribution in [2.75, 3.05) is 0 Å². The molecule has 1 unspecified atom stereocenters. The predicted octanol–water partition coefficient (Wildman–Crippen LogP) is 3.04. The van der Waals surface area contributed by atoms with E-state index < -0.39 is 17.7 Å². The first-order valence-electron chi connectivity index (χ1n) is 6.06. The van der Waals surface area contributed by atoms with Crippen molar-refractivity contribution in [1.29, 1.82) is 0 Å². The van der Waals surface area contributed by atoms with Crippen LogP contribution in [0.3, 0.4) is 0 Å². The molecule has 0 aliphatic carbocycles. The van der Waals surface area contributed by atoms with Gasteiger partial charge in [0.05, 0.1) is 19.3 Å². The van der Waals surface area contributed by atoms with Crippen LogP contribution in [0.2, 0.25) is 0 Å². The van der Waals surface area contributed by atoms with Gasteiger partial charge in [-0.1, -0.05) is 30.3 Å². The third kappa shape index (κ3) is 2.13. The first-order valence-corrected chi connectivity index (χ1v) is 6.06. The van der Waals surface area contributed by atoms with Crippen LogP contribution in [-0.2, 0) is 18.0 Å². The summed E-state index contributed by atoms with van der Waals surface area (Å²) in [5.74, 6) is -1.76. The Kier molecular flexibility index (Phi) is 3.05. The molecule has 0 aromatic heterocycles. The Morgan fingerprint density at radius 3 is 2.68 bits per heavy atom. The van der Waals surface area contributed by atoms with E-state index in [1.165, 1.54) is 12.1 Å². The fourth-order valence-electron chi connectivity index (χ4n) is 2.33. The summed E-state index contributed by atoms with van der Waals surface area (Å²) in [6.45, 7) is 1.14. The van der Waals surface area contributed by atoms with E-state index in [0.29, 0.717) is 13.2 Å². The first kappa shape index (κ1) is 12.3. The minimum absolute atomic E-state index is 0.166. The van der Waals surface area contributed by atoms with Crippen LogP contribution < -0.4 is 5.73 Å². The molecule has 19 heavy (non-hydrogen) atoms. The van der Waals surface area contributed by atoms with Crippen LogP contribution in [0.15, 0.2) is 36.4 Å². The van der Waals surface area contributed by atoms with Gasteiger partial charge < -0.3 is 10.5 Å². The zero-order valence-electron chi connectivity index (χ0n) is 10.2. The van der Waals surface area contributed by atoms with Crippen LogP contribution >= 0.6 is 0 Å². The molecular formula is C15H13F2NO. The first-order chi connectivity index (χ1) is 9.16. The molecule has 0 spiro atoms. The monoisotopic (exact) mass is 261 g/mol. The molecule has 0 saturated heterocycles. The Balaban J connectivity index is 2.00. The second kappa shape index (κ2) is 4.72. The van der Waals surface area contributed by atoms with Crippen LogP contribution in [0.25, 0.3) is 0 Å². The number of rotatable bonds is 2. The van der Waals surface area contributed by atoms with Crippen LogP contribution in [0.4, 0.5) is 8.78 Å². The topological polar surface area (TPSA) is 35.2 Å². The highest BCUT2D eigenvalue weighted by molar-refractivity contribution is 5.39. The van der Waals surface area contributed by atoms with Crippen molar-refractivity contribution in [3.63, 3.8) is 0 Å². The van der Waals surface area contributed by atoms with E-state index in [9.17, 15) is 8.78 Å². The number of ether oxygens (including phenoxy) is 1. The third-order valence-corrected chi connectivity index (χ3v) is 3.42. The van der Waals surface area contributed by atoms with Gasteiger partial charge >= 0.3 is 0 Å². The molecule has 0 amide bonds. The molecule has 98 valence electrons. The molecule has 0 bridgehead atoms. The van der Waals surface area contributed by atoms with Gasteiger partial charge in [0.2, 0.25) is 0 Å². The van der Waals surface area contributed by atoms with E-state index in [1.54, 1.807) is 0 Å². The molecule has 1 aliphatic heterocycles. The average Bonchev–Trinajstić information content (AvgIpc) is 2.88. The smallest absolute Gasteiger partial charge is 0.163 e. The van der Waals surface area contributed by atoms with Gasteiger partial charge in [-0.05, 0) is 22.8 Å². The molecule has 0 saturated carbocycles. The van der Waals surface area contributed by atoms with E-state index in [-0.39, 0.29) is 5.56 Å².